The number of rotatable bonds is 2. The fraction of sp³-hybridized carbons (Fsp3) is 0.357. The van der Waals surface area contributed by atoms with E-state index < -0.39 is 10.3 Å². The summed E-state index contributed by atoms with van der Waals surface area (Å²) in [6.07, 6.45) is 3.60. The molecule has 112 valence electrons. The molecule has 0 saturated heterocycles. The summed E-state index contributed by atoms with van der Waals surface area (Å²) in [5.74, 6) is 0.237. The second-order valence-corrected chi connectivity index (χ2v) is 6.43. The lowest BCUT2D eigenvalue weighted by atomic mass is 9.88. The summed E-state index contributed by atoms with van der Waals surface area (Å²) in [5.41, 5.74) is 2.43. The minimum atomic E-state index is -4.09. The van der Waals surface area contributed by atoms with Crippen LogP contribution in [-0.4, -0.2) is 13.0 Å². The molecule has 2 aromatic rings. The maximum atomic E-state index is 11.8. The summed E-state index contributed by atoms with van der Waals surface area (Å²) in [6, 6.07) is 4.91. The third-order valence-electron chi connectivity index (χ3n) is 3.92. The van der Waals surface area contributed by atoms with Gasteiger partial charge in [-0.05, 0) is 42.9 Å². The van der Waals surface area contributed by atoms with Crippen molar-refractivity contribution >= 4 is 21.2 Å². The number of nitrogens with two attached hydrogens (primary N) is 1. The zero-order valence-electron chi connectivity index (χ0n) is 11.6. The van der Waals surface area contributed by atoms with E-state index in [4.69, 9.17) is 9.32 Å². The molecule has 0 fully saturated rings. The first-order valence-corrected chi connectivity index (χ1v) is 8.20. The van der Waals surface area contributed by atoms with Crippen LogP contribution in [0.1, 0.15) is 24.0 Å². The van der Waals surface area contributed by atoms with Gasteiger partial charge in [-0.2, -0.15) is 13.6 Å². The standard InChI is InChI=1S/C14H16N2O4S/c1-16-12-8-13(20-21(15,18)19)11-5-3-2-4-9(11)10(12)6-7-14(16)17/h6-8H,2-5H2,1H3,(H2,15,18,19). The number of aryl methyl sites for hydroxylation is 2. The first-order chi connectivity index (χ1) is 9.87. The number of hydrogen-bond donors (Lipinski definition) is 1. The molecule has 0 saturated carbocycles. The fourth-order valence-electron chi connectivity index (χ4n) is 2.97. The lowest BCUT2D eigenvalue weighted by Gasteiger charge is -2.21. The van der Waals surface area contributed by atoms with Gasteiger partial charge in [0.2, 0.25) is 0 Å². The van der Waals surface area contributed by atoms with Crippen molar-refractivity contribution in [1.82, 2.24) is 4.57 Å². The van der Waals surface area contributed by atoms with E-state index in [1.807, 2.05) is 0 Å². The van der Waals surface area contributed by atoms with E-state index in [1.165, 1.54) is 10.6 Å². The summed E-state index contributed by atoms with van der Waals surface area (Å²) in [4.78, 5) is 11.8. The quantitative estimate of drug-likeness (QED) is 0.896. The van der Waals surface area contributed by atoms with Gasteiger partial charge in [0.1, 0.15) is 5.75 Å². The Labute approximate surface area is 122 Å². The molecule has 0 aliphatic heterocycles. The summed E-state index contributed by atoms with van der Waals surface area (Å²) >= 11 is 0. The van der Waals surface area contributed by atoms with E-state index >= 15 is 0 Å². The van der Waals surface area contributed by atoms with Crippen molar-refractivity contribution in [2.75, 3.05) is 0 Å². The number of pyridine rings is 1. The molecule has 0 bridgehead atoms. The molecular formula is C14H16N2O4S. The van der Waals surface area contributed by atoms with Crippen LogP contribution in [0, 0.1) is 0 Å². The Hall–Kier alpha value is -1.86. The predicted molar refractivity (Wildman–Crippen MR) is 79.6 cm³/mol. The molecule has 7 heteroatoms. The van der Waals surface area contributed by atoms with Crippen LogP contribution >= 0.6 is 0 Å². The summed E-state index contributed by atoms with van der Waals surface area (Å²) in [7, 11) is -2.44. The van der Waals surface area contributed by atoms with Crippen LogP contribution in [0.5, 0.6) is 5.75 Å². The zero-order chi connectivity index (χ0) is 15.2. The molecule has 1 aromatic carbocycles. The molecule has 0 amide bonds. The van der Waals surface area contributed by atoms with Gasteiger partial charge in [0.05, 0.1) is 5.52 Å². The average Bonchev–Trinajstić information content (AvgIpc) is 2.42. The molecule has 0 unspecified atom stereocenters. The van der Waals surface area contributed by atoms with Gasteiger partial charge in [0.25, 0.3) is 5.56 Å². The summed E-state index contributed by atoms with van der Waals surface area (Å²) in [5, 5.41) is 5.96. The predicted octanol–water partition coefficient (Wildman–Crippen LogP) is 1.000. The molecule has 3 rings (SSSR count). The maximum Gasteiger partial charge on any atom is 0.380 e. The summed E-state index contributed by atoms with van der Waals surface area (Å²) < 4.78 is 28.9. The third-order valence-corrected chi connectivity index (χ3v) is 4.34. The largest absolute Gasteiger partial charge is 0.380 e. The van der Waals surface area contributed by atoms with Crippen LogP contribution < -0.4 is 14.9 Å². The molecule has 0 radical (unpaired) electrons. The van der Waals surface area contributed by atoms with E-state index in [1.54, 1.807) is 19.2 Å². The number of aromatic nitrogens is 1. The Morgan fingerprint density at radius 3 is 2.52 bits per heavy atom. The minimum Gasteiger partial charge on any atom is -0.371 e. The second-order valence-electron chi connectivity index (χ2n) is 5.28. The fourth-order valence-corrected chi connectivity index (χ4v) is 3.37. The van der Waals surface area contributed by atoms with Crippen molar-refractivity contribution in [3.8, 4) is 5.75 Å². The summed E-state index contributed by atoms with van der Waals surface area (Å²) in [6.45, 7) is 0. The highest BCUT2D eigenvalue weighted by molar-refractivity contribution is 7.84. The molecule has 1 aliphatic rings. The number of benzene rings is 1. The van der Waals surface area contributed by atoms with Crippen LogP contribution in [0.2, 0.25) is 0 Å². The van der Waals surface area contributed by atoms with Gasteiger partial charge >= 0.3 is 10.3 Å². The molecule has 6 nitrogen and oxygen atoms in total. The Kier molecular flexibility index (Phi) is 3.26. The van der Waals surface area contributed by atoms with Crippen molar-refractivity contribution in [3.05, 3.63) is 39.7 Å². The lowest BCUT2D eigenvalue weighted by Crippen LogP contribution is -2.22. The van der Waals surface area contributed by atoms with Crippen LogP contribution in [0.3, 0.4) is 0 Å². The Balaban J connectivity index is 2.37. The highest BCUT2D eigenvalue weighted by atomic mass is 32.2. The SMILES string of the molecule is Cn1c(=O)ccc2c3c(c(OS(N)(=O)=O)cc21)CCCC3. The maximum absolute atomic E-state index is 11.8. The van der Waals surface area contributed by atoms with Crippen molar-refractivity contribution in [2.24, 2.45) is 12.2 Å². The molecule has 0 spiro atoms. The topological polar surface area (TPSA) is 91.4 Å². The number of nitrogens with zero attached hydrogens (tertiary/aromatic N) is 1. The molecule has 1 aromatic heterocycles. The Morgan fingerprint density at radius 1 is 1.19 bits per heavy atom. The second kappa shape index (κ2) is 4.85. The van der Waals surface area contributed by atoms with E-state index in [9.17, 15) is 13.2 Å². The van der Waals surface area contributed by atoms with E-state index in [2.05, 4.69) is 0 Å². The van der Waals surface area contributed by atoms with Crippen LogP contribution in [0.15, 0.2) is 23.0 Å². The van der Waals surface area contributed by atoms with Crippen LogP contribution in [-0.2, 0) is 30.2 Å². The van der Waals surface area contributed by atoms with Crippen LogP contribution in [0.25, 0.3) is 10.9 Å². The van der Waals surface area contributed by atoms with Gasteiger partial charge in [0.15, 0.2) is 0 Å². The number of fused-ring (bicyclic) bond motifs is 3. The molecule has 2 N–H and O–H groups in total. The van der Waals surface area contributed by atoms with Gasteiger partial charge < -0.3 is 8.75 Å². The van der Waals surface area contributed by atoms with Crippen molar-refractivity contribution in [3.63, 3.8) is 0 Å². The van der Waals surface area contributed by atoms with Crippen LogP contribution in [0.4, 0.5) is 0 Å². The van der Waals surface area contributed by atoms with E-state index in [0.717, 1.165) is 42.2 Å². The normalized spacial score (nSPS) is 15.0. The highest BCUT2D eigenvalue weighted by Gasteiger charge is 2.21. The van der Waals surface area contributed by atoms with Crippen molar-refractivity contribution in [1.29, 1.82) is 0 Å². The van der Waals surface area contributed by atoms with E-state index in [0.29, 0.717) is 5.52 Å². The van der Waals surface area contributed by atoms with Crippen molar-refractivity contribution in [2.45, 2.75) is 25.7 Å². The van der Waals surface area contributed by atoms with Gasteiger partial charge in [0, 0.05) is 24.6 Å². The van der Waals surface area contributed by atoms with Gasteiger partial charge in [-0.15, -0.1) is 0 Å². The molecule has 21 heavy (non-hydrogen) atoms. The molecule has 1 heterocycles. The number of hydrogen-bond acceptors (Lipinski definition) is 4. The Bertz CT molecular complexity index is 884. The first kappa shape index (κ1) is 14.1. The smallest absolute Gasteiger partial charge is 0.371 e. The third kappa shape index (κ3) is 2.54. The molecule has 0 atom stereocenters. The first-order valence-electron chi connectivity index (χ1n) is 6.73. The molecule has 1 aliphatic carbocycles. The molecular weight excluding hydrogens is 292 g/mol. The van der Waals surface area contributed by atoms with Gasteiger partial charge in [-0.1, -0.05) is 0 Å². The average molecular weight is 308 g/mol. The monoisotopic (exact) mass is 308 g/mol. The lowest BCUT2D eigenvalue weighted by molar-refractivity contribution is 0.481. The van der Waals surface area contributed by atoms with Crippen molar-refractivity contribution < 1.29 is 12.6 Å². The minimum absolute atomic E-state index is 0.153. The zero-order valence-corrected chi connectivity index (χ0v) is 12.4. The van der Waals surface area contributed by atoms with Gasteiger partial charge in [-0.25, -0.2) is 0 Å². The highest BCUT2D eigenvalue weighted by Crippen LogP contribution is 2.35. The Morgan fingerprint density at radius 2 is 1.86 bits per heavy atom. The van der Waals surface area contributed by atoms with E-state index in [-0.39, 0.29) is 11.3 Å². The van der Waals surface area contributed by atoms with Gasteiger partial charge in [-0.3, -0.25) is 4.79 Å².